The molecule has 2 aromatic carbocycles. The number of amides is 1. The highest BCUT2D eigenvalue weighted by molar-refractivity contribution is 7.99. The van der Waals surface area contributed by atoms with Crippen LogP contribution in [0.15, 0.2) is 48.5 Å². The van der Waals surface area contributed by atoms with Crippen LogP contribution < -0.4 is 5.32 Å². The van der Waals surface area contributed by atoms with Crippen molar-refractivity contribution in [1.29, 1.82) is 0 Å². The fourth-order valence-electron chi connectivity index (χ4n) is 4.28. The predicted octanol–water partition coefficient (Wildman–Crippen LogP) is 4.51. The van der Waals surface area contributed by atoms with E-state index in [2.05, 4.69) is 22.3 Å². The van der Waals surface area contributed by atoms with Crippen LogP contribution >= 0.6 is 35.0 Å². The molecule has 2 saturated heterocycles. The van der Waals surface area contributed by atoms with Crippen molar-refractivity contribution in [1.82, 2.24) is 15.1 Å². The number of rotatable bonds is 7. The van der Waals surface area contributed by atoms with E-state index in [0.29, 0.717) is 5.92 Å². The van der Waals surface area contributed by atoms with Gasteiger partial charge >= 0.3 is 0 Å². The van der Waals surface area contributed by atoms with Crippen LogP contribution in [0, 0.1) is 5.92 Å². The third kappa shape index (κ3) is 5.92. The fourth-order valence-corrected chi connectivity index (χ4v) is 5.66. The van der Waals surface area contributed by atoms with E-state index in [-0.39, 0.29) is 11.9 Å². The molecule has 1 amide bonds. The average molecular weight is 464 g/mol. The summed E-state index contributed by atoms with van der Waals surface area (Å²) in [6.07, 6.45) is 0.890. The smallest absolute Gasteiger partial charge is 0.240 e. The lowest BCUT2D eigenvalue weighted by molar-refractivity contribution is -0.131. The van der Waals surface area contributed by atoms with Crippen molar-refractivity contribution in [2.45, 2.75) is 25.6 Å². The molecular formula is C23H27Cl2N3OS. The highest BCUT2D eigenvalue weighted by Gasteiger charge is 2.34. The largest absolute Gasteiger partial charge is 0.331 e. The number of carbonyl (C=O) groups excluding carboxylic acids is 1. The maximum absolute atomic E-state index is 12.7. The predicted molar refractivity (Wildman–Crippen MR) is 126 cm³/mol. The van der Waals surface area contributed by atoms with Crippen molar-refractivity contribution in [2.75, 3.05) is 31.3 Å². The molecule has 2 aliphatic rings. The minimum Gasteiger partial charge on any atom is -0.331 e. The highest BCUT2D eigenvalue weighted by atomic mass is 35.5. The van der Waals surface area contributed by atoms with Crippen LogP contribution in [0.1, 0.15) is 17.5 Å². The second-order valence-corrected chi connectivity index (χ2v) is 10.1. The summed E-state index contributed by atoms with van der Waals surface area (Å²) in [5, 5.41) is 4.98. The Balaban J connectivity index is 1.42. The molecule has 2 heterocycles. The molecule has 0 aliphatic carbocycles. The molecule has 0 bridgehead atoms. The summed E-state index contributed by atoms with van der Waals surface area (Å²) in [6.45, 7) is 4.29. The topological polar surface area (TPSA) is 35.6 Å². The Labute approximate surface area is 192 Å². The van der Waals surface area contributed by atoms with Crippen LogP contribution in [0.2, 0.25) is 10.0 Å². The van der Waals surface area contributed by atoms with Crippen molar-refractivity contribution in [3.8, 4) is 0 Å². The zero-order valence-corrected chi connectivity index (χ0v) is 19.2. The molecule has 2 aliphatic heterocycles. The van der Waals surface area contributed by atoms with Gasteiger partial charge in [-0.25, -0.2) is 0 Å². The van der Waals surface area contributed by atoms with E-state index >= 15 is 0 Å². The van der Waals surface area contributed by atoms with Crippen LogP contribution in [0.4, 0.5) is 0 Å². The first-order valence-corrected chi connectivity index (χ1v) is 12.3. The summed E-state index contributed by atoms with van der Waals surface area (Å²) in [7, 11) is 0. The van der Waals surface area contributed by atoms with E-state index in [1.54, 1.807) is 0 Å². The molecule has 2 atom stereocenters. The van der Waals surface area contributed by atoms with Gasteiger partial charge in [0.05, 0.1) is 11.9 Å². The molecule has 30 heavy (non-hydrogen) atoms. The number of hydrogen-bond acceptors (Lipinski definition) is 4. The number of halogens is 2. The summed E-state index contributed by atoms with van der Waals surface area (Å²) in [5.74, 6) is 2.58. The Kier molecular flexibility index (Phi) is 7.60. The van der Waals surface area contributed by atoms with E-state index in [1.165, 1.54) is 11.1 Å². The quantitative estimate of drug-likeness (QED) is 0.655. The Hall–Kier alpha value is -1.24. The van der Waals surface area contributed by atoms with Crippen molar-refractivity contribution in [2.24, 2.45) is 5.92 Å². The molecule has 0 unspecified atom stereocenters. The molecule has 1 N–H and O–H groups in total. The number of benzene rings is 2. The fraction of sp³-hybridized carbons (Fsp3) is 0.435. The summed E-state index contributed by atoms with van der Waals surface area (Å²) >= 11 is 14.2. The molecule has 0 saturated carbocycles. The van der Waals surface area contributed by atoms with Crippen LogP contribution in [0.3, 0.4) is 0 Å². The summed E-state index contributed by atoms with van der Waals surface area (Å²) < 4.78 is 0. The molecule has 2 aromatic rings. The molecule has 2 fully saturated rings. The molecule has 0 aromatic heterocycles. The summed E-state index contributed by atoms with van der Waals surface area (Å²) in [6, 6.07) is 16.0. The van der Waals surface area contributed by atoms with Gasteiger partial charge in [-0.1, -0.05) is 47.5 Å². The van der Waals surface area contributed by atoms with Gasteiger partial charge < -0.3 is 10.2 Å². The maximum atomic E-state index is 12.7. The van der Waals surface area contributed by atoms with Gasteiger partial charge in [-0.2, -0.15) is 0 Å². The number of nitrogens with zero attached hydrogens (tertiary/aromatic N) is 2. The lowest BCUT2D eigenvalue weighted by Crippen LogP contribution is -2.42. The van der Waals surface area contributed by atoms with Crippen LogP contribution in [0.25, 0.3) is 0 Å². The van der Waals surface area contributed by atoms with Crippen molar-refractivity contribution in [3.05, 3.63) is 69.7 Å². The molecular weight excluding hydrogens is 437 g/mol. The van der Waals surface area contributed by atoms with Crippen molar-refractivity contribution >= 4 is 40.9 Å². The van der Waals surface area contributed by atoms with E-state index in [1.807, 2.05) is 53.1 Å². The monoisotopic (exact) mass is 463 g/mol. The number of hydrogen-bond donors (Lipinski definition) is 1. The van der Waals surface area contributed by atoms with Crippen LogP contribution in [-0.4, -0.2) is 53.0 Å². The van der Waals surface area contributed by atoms with E-state index in [0.717, 1.165) is 60.8 Å². The van der Waals surface area contributed by atoms with Crippen molar-refractivity contribution in [3.63, 3.8) is 0 Å². The first-order chi connectivity index (χ1) is 14.6. The van der Waals surface area contributed by atoms with Gasteiger partial charge in [-0.3, -0.25) is 9.69 Å². The molecule has 0 spiro atoms. The third-order valence-electron chi connectivity index (χ3n) is 5.69. The zero-order valence-electron chi connectivity index (χ0n) is 16.9. The van der Waals surface area contributed by atoms with Gasteiger partial charge in [0.15, 0.2) is 0 Å². The number of thioether (sulfide) groups is 1. The van der Waals surface area contributed by atoms with Gasteiger partial charge in [-0.15, -0.1) is 11.8 Å². The summed E-state index contributed by atoms with van der Waals surface area (Å²) in [4.78, 5) is 17.2. The van der Waals surface area contributed by atoms with E-state index in [9.17, 15) is 4.79 Å². The maximum Gasteiger partial charge on any atom is 0.240 e. The number of nitrogens with one attached hydrogen (secondary N) is 1. The minimum atomic E-state index is -0.0483. The zero-order chi connectivity index (χ0) is 20.9. The SMILES string of the molecule is O=C([C@@H]1C[C@H](CN(Cc2cccc(Cl)c2)Cc2cccc(Cl)c2)CN1)N1CCSC1. The Morgan fingerprint density at radius 1 is 1.10 bits per heavy atom. The average Bonchev–Trinajstić information content (AvgIpc) is 3.40. The third-order valence-corrected chi connectivity index (χ3v) is 7.13. The lowest BCUT2D eigenvalue weighted by Gasteiger charge is -2.26. The lowest BCUT2D eigenvalue weighted by atomic mass is 10.0. The van der Waals surface area contributed by atoms with Gasteiger partial charge in [0.25, 0.3) is 0 Å². The van der Waals surface area contributed by atoms with Crippen LogP contribution in [-0.2, 0) is 17.9 Å². The van der Waals surface area contributed by atoms with Gasteiger partial charge in [-0.05, 0) is 54.3 Å². The second kappa shape index (κ2) is 10.4. The second-order valence-electron chi connectivity index (χ2n) is 8.13. The van der Waals surface area contributed by atoms with Crippen molar-refractivity contribution < 1.29 is 4.79 Å². The Morgan fingerprint density at radius 2 is 1.77 bits per heavy atom. The molecule has 0 radical (unpaired) electrons. The van der Waals surface area contributed by atoms with E-state index in [4.69, 9.17) is 23.2 Å². The van der Waals surface area contributed by atoms with Crippen LogP contribution in [0.5, 0.6) is 0 Å². The standard InChI is InChI=1S/C23H27Cl2N3OS/c24-20-5-1-3-17(9-20)13-27(14-18-4-2-6-21(25)10-18)15-19-11-22(26-12-19)23(29)28-7-8-30-16-28/h1-6,9-10,19,22,26H,7-8,11-16H2/t19-,22-/m0/s1. The Morgan fingerprint density at radius 3 is 2.33 bits per heavy atom. The van der Waals surface area contributed by atoms with Gasteiger partial charge in [0.1, 0.15) is 0 Å². The molecule has 7 heteroatoms. The first-order valence-electron chi connectivity index (χ1n) is 10.4. The first kappa shape index (κ1) is 22.0. The number of carbonyl (C=O) groups is 1. The Bertz CT molecular complexity index is 828. The summed E-state index contributed by atoms with van der Waals surface area (Å²) in [5.41, 5.74) is 2.38. The normalized spacial score (nSPS) is 21.5. The highest BCUT2D eigenvalue weighted by Crippen LogP contribution is 2.23. The van der Waals surface area contributed by atoms with Gasteiger partial charge in [0, 0.05) is 42.0 Å². The molecule has 4 nitrogen and oxygen atoms in total. The molecule has 4 rings (SSSR count). The van der Waals surface area contributed by atoms with Gasteiger partial charge in [0.2, 0.25) is 5.91 Å². The minimum absolute atomic E-state index is 0.0483. The molecule has 160 valence electrons. The van der Waals surface area contributed by atoms with E-state index < -0.39 is 0 Å².